The molecule has 1 rings (SSSR count). The lowest BCUT2D eigenvalue weighted by molar-refractivity contribution is -0.302. The molecule has 1 fully saturated rings. The Morgan fingerprint density at radius 1 is 1.60 bits per heavy atom. The van der Waals surface area contributed by atoms with Crippen molar-refractivity contribution >= 4 is 11.5 Å². The van der Waals surface area contributed by atoms with Crippen molar-refractivity contribution in [2.75, 3.05) is 13.1 Å². The minimum atomic E-state index is 0.574. The van der Waals surface area contributed by atoms with Gasteiger partial charge in [-0.2, -0.15) is 0 Å². The summed E-state index contributed by atoms with van der Waals surface area (Å²) in [5.41, 5.74) is 0. The van der Waals surface area contributed by atoms with Crippen molar-refractivity contribution in [3.8, 4) is 0 Å². The van der Waals surface area contributed by atoms with Crippen LogP contribution in [0.2, 0.25) is 0 Å². The normalized spacial score (nSPS) is 18.8. The molecule has 0 unspecified atom stereocenters. The van der Waals surface area contributed by atoms with Crippen LogP contribution in [0.25, 0.3) is 0 Å². The van der Waals surface area contributed by atoms with E-state index in [-0.39, 0.29) is 0 Å². The zero-order valence-corrected chi connectivity index (χ0v) is 3.49. The maximum atomic E-state index is 9.53. The molecule has 0 aromatic rings. The zero-order chi connectivity index (χ0) is 3.70. The van der Waals surface area contributed by atoms with Gasteiger partial charge < -0.3 is 0 Å². The summed E-state index contributed by atoms with van der Waals surface area (Å²) in [6.45, 7) is 1.99. The van der Waals surface area contributed by atoms with E-state index in [1.54, 1.807) is 3.95 Å². The largest absolute Gasteiger partial charge is 0.380 e. The first-order chi connectivity index (χ1) is 2.43. The summed E-state index contributed by atoms with van der Waals surface area (Å²) >= 11 is 0.574. The van der Waals surface area contributed by atoms with Gasteiger partial charge in [-0.15, -0.1) is 8.15 Å². The second-order valence-corrected chi connectivity index (χ2v) is 1.67. The molecule has 0 spiro atoms. The van der Waals surface area contributed by atoms with E-state index in [1.807, 2.05) is 0 Å². The zero-order valence-electron chi connectivity index (χ0n) is 2.68. The lowest BCUT2D eigenvalue weighted by Gasteiger charge is -1.31. The van der Waals surface area contributed by atoms with Gasteiger partial charge in [-0.1, -0.05) is 0 Å². The quantitative estimate of drug-likeness (QED) is 0.287. The van der Waals surface area contributed by atoms with Gasteiger partial charge in [-0.05, 0) is 0 Å². The van der Waals surface area contributed by atoms with Crippen molar-refractivity contribution in [1.82, 2.24) is 0 Å². The molecule has 1 aliphatic rings. The fraction of sp³-hybridized carbons (Fsp3) is 1.00. The van der Waals surface area contributed by atoms with Crippen LogP contribution >= 0.6 is 0 Å². The summed E-state index contributed by atoms with van der Waals surface area (Å²) < 4.78 is 11.3. The van der Waals surface area contributed by atoms with Gasteiger partial charge in [0.1, 0.15) is 0 Å². The Hall–Kier alpha value is -0.180. The maximum Gasteiger partial charge on any atom is 0.380 e. The van der Waals surface area contributed by atoms with Crippen molar-refractivity contribution < 1.29 is 8.15 Å². The standard InChI is InChI=1S/C2H4NOS/c4-5-3-1-2-3/h1-2H2/q+1. The fourth-order valence-corrected chi connectivity index (χ4v) is 0.346. The molecular formula is C2H4NOS+. The Morgan fingerprint density at radius 3 is 2.20 bits per heavy atom. The van der Waals surface area contributed by atoms with Crippen LogP contribution in [0.5, 0.6) is 0 Å². The van der Waals surface area contributed by atoms with Gasteiger partial charge in [0, 0.05) is 0 Å². The third-order valence-corrected chi connectivity index (χ3v) is 1.09. The molecule has 0 saturated carbocycles. The molecule has 0 bridgehead atoms. The highest BCUT2D eigenvalue weighted by molar-refractivity contribution is 7.51. The monoisotopic (exact) mass is 90.0 g/mol. The summed E-state index contributed by atoms with van der Waals surface area (Å²) in [6, 6.07) is 0. The molecule has 1 aliphatic heterocycles. The van der Waals surface area contributed by atoms with Crippen LogP contribution in [0.3, 0.4) is 0 Å². The number of nitrogens with zero attached hydrogens (tertiary/aromatic N) is 1. The second kappa shape index (κ2) is 0.897. The molecule has 5 heavy (non-hydrogen) atoms. The van der Waals surface area contributed by atoms with Gasteiger partial charge in [0.05, 0.1) is 0 Å². The van der Waals surface area contributed by atoms with Gasteiger partial charge in [0.2, 0.25) is 13.1 Å². The Balaban J connectivity index is 2.80. The smallest absolute Gasteiger partial charge is 0.142 e. The molecule has 1 saturated heterocycles. The second-order valence-electron chi connectivity index (χ2n) is 1.00. The molecule has 1 heterocycles. The lowest BCUT2D eigenvalue weighted by atomic mass is 11.0. The summed E-state index contributed by atoms with van der Waals surface area (Å²) in [5.74, 6) is 0. The van der Waals surface area contributed by atoms with Crippen molar-refractivity contribution in [3.63, 3.8) is 0 Å². The topological polar surface area (TPSA) is 20.1 Å². The highest BCUT2D eigenvalue weighted by Gasteiger charge is 2.21. The van der Waals surface area contributed by atoms with Crippen LogP contribution in [0.4, 0.5) is 0 Å². The van der Waals surface area contributed by atoms with Crippen molar-refractivity contribution in [3.05, 3.63) is 0 Å². The molecule has 0 atom stereocenters. The molecule has 28 valence electrons. The number of hydrogen-bond donors (Lipinski definition) is 0. The third-order valence-electron chi connectivity index (χ3n) is 0.512. The van der Waals surface area contributed by atoms with Gasteiger partial charge >= 0.3 is 11.5 Å². The Bertz CT molecular complexity index is 87.8. The first kappa shape index (κ1) is 3.03. The molecule has 0 N–H and O–H groups in total. The summed E-state index contributed by atoms with van der Waals surface area (Å²) in [4.78, 5) is 0. The van der Waals surface area contributed by atoms with E-state index in [1.165, 1.54) is 0 Å². The average Bonchev–Trinajstić information content (AvgIpc) is 2.12. The summed E-state index contributed by atoms with van der Waals surface area (Å²) in [7, 11) is 0. The van der Waals surface area contributed by atoms with Crippen LogP contribution in [-0.2, 0) is 11.5 Å². The van der Waals surface area contributed by atoms with E-state index in [9.17, 15) is 4.21 Å². The minimum absolute atomic E-state index is 0.574. The fourth-order valence-electron chi connectivity index (χ4n) is 0.115. The average molecular weight is 90.1 g/mol. The highest BCUT2D eigenvalue weighted by Crippen LogP contribution is 1.86. The molecule has 0 amide bonds. The van der Waals surface area contributed by atoms with E-state index >= 15 is 0 Å². The molecule has 0 radical (unpaired) electrons. The van der Waals surface area contributed by atoms with E-state index in [4.69, 9.17) is 0 Å². The molecule has 0 aromatic carbocycles. The molecule has 3 heteroatoms. The van der Waals surface area contributed by atoms with Gasteiger partial charge in [0.25, 0.3) is 0 Å². The van der Waals surface area contributed by atoms with Gasteiger partial charge in [-0.3, -0.25) is 0 Å². The molecular weight excluding hydrogens is 86.1 g/mol. The Morgan fingerprint density at radius 2 is 2.20 bits per heavy atom. The van der Waals surface area contributed by atoms with Crippen LogP contribution in [0.15, 0.2) is 0 Å². The van der Waals surface area contributed by atoms with Crippen LogP contribution in [-0.4, -0.2) is 21.2 Å². The number of rotatable bonds is 0. The van der Waals surface area contributed by atoms with Gasteiger partial charge in [0.15, 0.2) is 0 Å². The Kier molecular flexibility index (Phi) is 0.543. The van der Waals surface area contributed by atoms with E-state index in [2.05, 4.69) is 0 Å². The SMILES string of the molecule is O=S=[N+]1CC1. The third kappa shape index (κ3) is 0.545. The predicted octanol–water partition coefficient (Wildman–Crippen LogP) is -0.591. The van der Waals surface area contributed by atoms with Crippen LogP contribution in [0.1, 0.15) is 0 Å². The number of hydrogen-bond acceptors (Lipinski definition) is 1. The molecule has 2 nitrogen and oxygen atoms in total. The van der Waals surface area contributed by atoms with E-state index in [0.717, 1.165) is 13.1 Å². The van der Waals surface area contributed by atoms with Crippen LogP contribution in [0, 0.1) is 0 Å². The van der Waals surface area contributed by atoms with E-state index < -0.39 is 0 Å². The highest BCUT2D eigenvalue weighted by atomic mass is 32.1. The molecule has 0 aromatic heterocycles. The minimum Gasteiger partial charge on any atom is -0.142 e. The maximum absolute atomic E-state index is 9.53. The van der Waals surface area contributed by atoms with Crippen molar-refractivity contribution in [1.29, 1.82) is 0 Å². The van der Waals surface area contributed by atoms with Gasteiger partial charge in [-0.25, -0.2) is 0 Å². The summed E-state index contributed by atoms with van der Waals surface area (Å²) in [6.07, 6.45) is 0. The molecule has 0 aliphatic carbocycles. The van der Waals surface area contributed by atoms with Crippen LogP contribution < -0.4 is 0 Å². The first-order valence-corrected chi connectivity index (χ1v) is 2.18. The van der Waals surface area contributed by atoms with Crippen molar-refractivity contribution in [2.24, 2.45) is 0 Å². The Labute approximate surface area is 33.7 Å². The lowest BCUT2D eigenvalue weighted by Crippen LogP contribution is -1.59. The summed E-state index contributed by atoms with van der Waals surface area (Å²) in [5, 5.41) is 0. The first-order valence-electron chi connectivity index (χ1n) is 1.48. The van der Waals surface area contributed by atoms with E-state index in [0.29, 0.717) is 11.5 Å². The predicted molar refractivity (Wildman–Crippen MR) is 18.1 cm³/mol. The van der Waals surface area contributed by atoms with Crippen molar-refractivity contribution in [2.45, 2.75) is 0 Å².